The maximum Gasteiger partial charge on any atom is 0.242 e. The summed E-state index contributed by atoms with van der Waals surface area (Å²) < 4.78 is 0. The summed E-state index contributed by atoms with van der Waals surface area (Å²) in [6.07, 6.45) is 0.971. The van der Waals surface area contributed by atoms with Crippen molar-refractivity contribution in [3.05, 3.63) is 0 Å². The van der Waals surface area contributed by atoms with Crippen molar-refractivity contribution in [2.75, 3.05) is 13.1 Å². The van der Waals surface area contributed by atoms with Crippen LogP contribution in [0.4, 0.5) is 0 Å². The summed E-state index contributed by atoms with van der Waals surface area (Å²) in [6, 6.07) is 0.130. The second-order valence-corrected chi connectivity index (χ2v) is 3.46. The van der Waals surface area contributed by atoms with Crippen molar-refractivity contribution in [2.45, 2.75) is 33.2 Å². The summed E-state index contributed by atoms with van der Waals surface area (Å²) in [4.78, 5) is 15.2. The van der Waals surface area contributed by atoms with Gasteiger partial charge in [-0.05, 0) is 20.3 Å². The number of nitrogens with zero attached hydrogens (tertiary/aromatic N) is 1. The molecule has 0 aliphatic heterocycles. The molecule has 0 bridgehead atoms. The van der Waals surface area contributed by atoms with Crippen LogP contribution in [0.1, 0.15) is 27.2 Å². The Labute approximate surface area is 90.7 Å². The van der Waals surface area contributed by atoms with Crippen molar-refractivity contribution in [1.82, 2.24) is 16.1 Å². The highest BCUT2D eigenvalue weighted by atomic mass is 16.1. The number of carbonyl (C=O) groups is 1. The molecule has 0 aliphatic carbocycles. The summed E-state index contributed by atoms with van der Waals surface area (Å²) in [6.45, 7) is 6.69. The van der Waals surface area contributed by atoms with Gasteiger partial charge in [0.15, 0.2) is 0 Å². The van der Waals surface area contributed by atoms with E-state index >= 15 is 0 Å². The Bertz CT molecular complexity index is 215. The van der Waals surface area contributed by atoms with Crippen LogP contribution in [0.5, 0.6) is 0 Å². The lowest BCUT2D eigenvalue weighted by atomic mass is 10.4. The number of hydrogen-bond donors (Lipinski definition) is 4. The standard InChI is InChI=1S/C9H21N5O/c1-4-5-11-9(14-10)12-6-8(15)13-7(2)3/h7H,4-6,10H2,1-3H3,(H,13,15)(H2,11,12,14). The first-order valence-electron chi connectivity index (χ1n) is 5.14. The molecule has 0 aromatic rings. The Hall–Kier alpha value is -1.30. The Morgan fingerprint density at radius 2 is 2.13 bits per heavy atom. The van der Waals surface area contributed by atoms with E-state index in [-0.39, 0.29) is 18.5 Å². The first kappa shape index (κ1) is 13.7. The molecule has 0 radical (unpaired) electrons. The zero-order valence-corrected chi connectivity index (χ0v) is 9.63. The molecule has 88 valence electrons. The van der Waals surface area contributed by atoms with Gasteiger partial charge >= 0.3 is 0 Å². The third kappa shape index (κ3) is 7.75. The van der Waals surface area contributed by atoms with Crippen LogP contribution in [0, 0.1) is 0 Å². The van der Waals surface area contributed by atoms with Crippen LogP contribution in [0.25, 0.3) is 0 Å². The number of aliphatic imine (C=N–C) groups is 1. The van der Waals surface area contributed by atoms with E-state index in [1.165, 1.54) is 0 Å². The number of carbonyl (C=O) groups excluding carboxylic acids is 1. The molecule has 0 saturated heterocycles. The van der Waals surface area contributed by atoms with Crippen molar-refractivity contribution in [3.63, 3.8) is 0 Å². The summed E-state index contributed by atoms with van der Waals surface area (Å²) in [5.41, 5.74) is 2.40. The average Bonchev–Trinajstić information content (AvgIpc) is 2.17. The van der Waals surface area contributed by atoms with E-state index in [0.717, 1.165) is 13.0 Å². The second-order valence-electron chi connectivity index (χ2n) is 3.46. The quantitative estimate of drug-likeness (QED) is 0.212. The minimum atomic E-state index is -0.115. The predicted molar refractivity (Wildman–Crippen MR) is 61.2 cm³/mol. The molecule has 0 rings (SSSR count). The van der Waals surface area contributed by atoms with Crippen LogP contribution in [0.3, 0.4) is 0 Å². The zero-order chi connectivity index (χ0) is 11.7. The van der Waals surface area contributed by atoms with Crippen LogP contribution >= 0.6 is 0 Å². The SMILES string of the molecule is CCCNC(=NCC(=O)NC(C)C)NN. The van der Waals surface area contributed by atoms with Gasteiger partial charge in [0, 0.05) is 12.6 Å². The van der Waals surface area contributed by atoms with Gasteiger partial charge in [-0.15, -0.1) is 0 Å². The molecule has 6 nitrogen and oxygen atoms in total. The number of amides is 1. The maximum atomic E-state index is 11.2. The number of guanidine groups is 1. The molecule has 0 heterocycles. The van der Waals surface area contributed by atoms with Gasteiger partial charge in [-0.25, -0.2) is 10.8 Å². The highest BCUT2D eigenvalue weighted by Crippen LogP contribution is 1.79. The fraction of sp³-hybridized carbons (Fsp3) is 0.778. The van der Waals surface area contributed by atoms with Crippen LogP contribution < -0.4 is 21.9 Å². The molecule has 0 fully saturated rings. The van der Waals surface area contributed by atoms with Gasteiger partial charge in [0.25, 0.3) is 0 Å². The summed E-state index contributed by atoms with van der Waals surface area (Å²) in [7, 11) is 0. The first-order chi connectivity index (χ1) is 7.10. The monoisotopic (exact) mass is 215 g/mol. The lowest BCUT2D eigenvalue weighted by Gasteiger charge is -2.09. The van der Waals surface area contributed by atoms with Gasteiger partial charge in [-0.3, -0.25) is 10.2 Å². The van der Waals surface area contributed by atoms with Crippen molar-refractivity contribution in [1.29, 1.82) is 0 Å². The van der Waals surface area contributed by atoms with Crippen molar-refractivity contribution in [3.8, 4) is 0 Å². The van der Waals surface area contributed by atoms with E-state index in [0.29, 0.717) is 5.96 Å². The van der Waals surface area contributed by atoms with Gasteiger partial charge in [-0.2, -0.15) is 0 Å². The van der Waals surface area contributed by atoms with Gasteiger partial charge in [0.2, 0.25) is 11.9 Å². The second kappa shape index (κ2) is 8.05. The molecule has 0 unspecified atom stereocenters. The molecule has 0 aromatic carbocycles. The highest BCUT2D eigenvalue weighted by molar-refractivity contribution is 5.84. The minimum absolute atomic E-state index is 0.0778. The largest absolute Gasteiger partial charge is 0.355 e. The lowest BCUT2D eigenvalue weighted by molar-refractivity contribution is -0.120. The molecule has 0 atom stereocenters. The molecule has 0 saturated carbocycles. The highest BCUT2D eigenvalue weighted by Gasteiger charge is 2.02. The van der Waals surface area contributed by atoms with Crippen LogP contribution in [0.2, 0.25) is 0 Å². The predicted octanol–water partition coefficient (Wildman–Crippen LogP) is -0.670. The van der Waals surface area contributed by atoms with E-state index in [4.69, 9.17) is 5.84 Å². The molecule has 1 amide bonds. The van der Waals surface area contributed by atoms with Gasteiger partial charge in [-0.1, -0.05) is 6.92 Å². The number of rotatable bonds is 5. The fourth-order valence-electron chi connectivity index (χ4n) is 0.914. The van der Waals surface area contributed by atoms with E-state index in [1.807, 2.05) is 20.8 Å². The summed E-state index contributed by atoms with van der Waals surface area (Å²) in [5.74, 6) is 5.55. The molecular weight excluding hydrogens is 194 g/mol. The lowest BCUT2D eigenvalue weighted by Crippen LogP contribution is -2.43. The molecule has 6 heteroatoms. The molecule has 0 aliphatic rings. The zero-order valence-electron chi connectivity index (χ0n) is 9.63. The Morgan fingerprint density at radius 1 is 1.47 bits per heavy atom. The summed E-state index contributed by atoms with van der Waals surface area (Å²) in [5, 5.41) is 5.70. The van der Waals surface area contributed by atoms with Crippen LogP contribution in [-0.4, -0.2) is 31.0 Å². The molecular formula is C9H21N5O. The average molecular weight is 215 g/mol. The molecule has 5 N–H and O–H groups in total. The van der Waals surface area contributed by atoms with E-state index in [2.05, 4.69) is 21.1 Å². The third-order valence-electron chi connectivity index (χ3n) is 1.51. The number of hydrazine groups is 1. The summed E-state index contributed by atoms with van der Waals surface area (Å²) >= 11 is 0. The number of nitrogens with two attached hydrogens (primary N) is 1. The van der Waals surface area contributed by atoms with Crippen molar-refractivity contribution < 1.29 is 4.79 Å². The topological polar surface area (TPSA) is 91.5 Å². The molecule has 0 aromatic heterocycles. The van der Waals surface area contributed by atoms with Crippen LogP contribution in [0.15, 0.2) is 4.99 Å². The normalized spacial score (nSPS) is 11.4. The maximum absolute atomic E-state index is 11.2. The Morgan fingerprint density at radius 3 is 2.60 bits per heavy atom. The van der Waals surface area contributed by atoms with Crippen LogP contribution in [-0.2, 0) is 4.79 Å². The van der Waals surface area contributed by atoms with Crippen molar-refractivity contribution in [2.24, 2.45) is 10.8 Å². The molecule has 15 heavy (non-hydrogen) atoms. The van der Waals surface area contributed by atoms with Gasteiger partial charge < -0.3 is 10.6 Å². The first-order valence-corrected chi connectivity index (χ1v) is 5.14. The fourth-order valence-corrected chi connectivity index (χ4v) is 0.914. The Balaban J connectivity index is 3.93. The van der Waals surface area contributed by atoms with E-state index in [9.17, 15) is 4.79 Å². The molecule has 0 spiro atoms. The number of nitrogens with one attached hydrogen (secondary N) is 3. The third-order valence-corrected chi connectivity index (χ3v) is 1.51. The minimum Gasteiger partial charge on any atom is -0.355 e. The van der Waals surface area contributed by atoms with Crippen molar-refractivity contribution >= 4 is 11.9 Å². The van der Waals surface area contributed by atoms with Gasteiger partial charge in [0.05, 0.1) is 0 Å². The van der Waals surface area contributed by atoms with E-state index < -0.39 is 0 Å². The van der Waals surface area contributed by atoms with E-state index in [1.54, 1.807) is 0 Å². The Kier molecular flexibility index (Phi) is 7.35. The smallest absolute Gasteiger partial charge is 0.242 e. The number of hydrogen-bond acceptors (Lipinski definition) is 3. The van der Waals surface area contributed by atoms with Gasteiger partial charge in [0.1, 0.15) is 6.54 Å².